The van der Waals surface area contributed by atoms with Crippen LogP contribution < -0.4 is 10.2 Å². The Hall–Kier alpha value is -1.13. The van der Waals surface area contributed by atoms with Crippen LogP contribution in [-0.4, -0.2) is 36.3 Å². The van der Waals surface area contributed by atoms with Crippen molar-refractivity contribution in [3.8, 4) is 0 Å². The van der Waals surface area contributed by atoms with Crippen molar-refractivity contribution in [1.29, 1.82) is 0 Å². The van der Waals surface area contributed by atoms with Crippen LogP contribution in [0.15, 0.2) is 6.07 Å². The molecule has 1 saturated heterocycles. The summed E-state index contributed by atoms with van der Waals surface area (Å²) >= 11 is 0. The number of anilines is 1. The van der Waals surface area contributed by atoms with Gasteiger partial charge >= 0.3 is 0 Å². The molecule has 3 rings (SSSR count). The van der Waals surface area contributed by atoms with Crippen molar-refractivity contribution >= 4 is 5.82 Å². The number of hydrogen-bond donors (Lipinski definition) is 1. The fraction of sp³-hybridized carbons (Fsp3) is 0.706. The first-order valence-corrected chi connectivity index (χ1v) is 8.14. The van der Waals surface area contributed by atoms with Crippen LogP contribution in [-0.2, 0) is 11.3 Å². The van der Waals surface area contributed by atoms with Gasteiger partial charge in [-0.3, -0.25) is 0 Å². The topological polar surface area (TPSA) is 37.4 Å². The molecule has 0 aromatic carbocycles. The zero-order valence-electron chi connectivity index (χ0n) is 13.6. The molecule has 1 aliphatic heterocycles. The van der Waals surface area contributed by atoms with Crippen molar-refractivity contribution in [3.05, 3.63) is 22.9 Å². The minimum absolute atomic E-state index is 0.264. The van der Waals surface area contributed by atoms with Gasteiger partial charge in [0.05, 0.1) is 12.2 Å². The monoisotopic (exact) mass is 289 g/mol. The van der Waals surface area contributed by atoms with Gasteiger partial charge in [-0.2, -0.15) is 0 Å². The minimum atomic E-state index is 0.264. The second-order valence-electron chi connectivity index (χ2n) is 6.70. The van der Waals surface area contributed by atoms with Crippen LogP contribution in [0.4, 0.5) is 5.82 Å². The number of nitrogens with zero attached hydrogens (tertiary/aromatic N) is 2. The van der Waals surface area contributed by atoms with Crippen molar-refractivity contribution in [3.63, 3.8) is 0 Å². The highest BCUT2D eigenvalue weighted by Gasteiger charge is 2.27. The summed E-state index contributed by atoms with van der Waals surface area (Å²) in [5.41, 5.74) is 3.80. The van der Waals surface area contributed by atoms with Gasteiger partial charge in [-0.05, 0) is 52.2 Å². The lowest BCUT2D eigenvalue weighted by Gasteiger charge is -2.37. The molecular formula is C17H27N3O. The van der Waals surface area contributed by atoms with E-state index in [0.717, 1.165) is 37.2 Å². The second-order valence-corrected chi connectivity index (χ2v) is 6.70. The van der Waals surface area contributed by atoms with Crippen molar-refractivity contribution in [2.24, 2.45) is 0 Å². The zero-order valence-corrected chi connectivity index (χ0v) is 13.6. The van der Waals surface area contributed by atoms with Gasteiger partial charge in [-0.1, -0.05) is 0 Å². The quantitative estimate of drug-likeness (QED) is 0.924. The Morgan fingerprint density at radius 2 is 1.90 bits per heavy atom. The Labute approximate surface area is 127 Å². The Morgan fingerprint density at radius 3 is 2.52 bits per heavy atom. The summed E-state index contributed by atoms with van der Waals surface area (Å²) in [7, 11) is 0. The Bertz CT molecular complexity index is 503. The van der Waals surface area contributed by atoms with Gasteiger partial charge in [-0.25, -0.2) is 4.98 Å². The molecule has 4 heteroatoms. The third-order valence-electron chi connectivity index (χ3n) is 4.32. The molecule has 1 N–H and O–H groups in total. The van der Waals surface area contributed by atoms with Crippen molar-refractivity contribution in [1.82, 2.24) is 10.3 Å². The molecule has 1 saturated carbocycles. The van der Waals surface area contributed by atoms with Gasteiger partial charge in [0.15, 0.2) is 0 Å². The van der Waals surface area contributed by atoms with Gasteiger partial charge in [-0.15, -0.1) is 0 Å². The van der Waals surface area contributed by atoms with Crippen LogP contribution in [0.25, 0.3) is 0 Å². The SMILES string of the molecule is Cc1cc(C)c(CNC2CC2)c(N2C[C@@H](C)O[C@@H](C)C2)n1. The van der Waals surface area contributed by atoms with Crippen LogP contribution >= 0.6 is 0 Å². The van der Waals surface area contributed by atoms with Gasteiger partial charge in [0.25, 0.3) is 0 Å². The van der Waals surface area contributed by atoms with Crippen LogP contribution in [0.5, 0.6) is 0 Å². The lowest BCUT2D eigenvalue weighted by molar-refractivity contribution is -0.00552. The third-order valence-corrected chi connectivity index (χ3v) is 4.32. The van der Waals surface area contributed by atoms with Gasteiger partial charge in [0.1, 0.15) is 5.82 Å². The summed E-state index contributed by atoms with van der Waals surface area (Å²) in [5, 5.41) is 3.64. The van der Waals surface area contributed by atoms with E-state index in [2.05, 4.69) is 44.0 Å². The molecule has 1 aromatic heterocycles. The molecule has 2 fully saturated rings. The van der Waals surface area contributed by atoms with Gasteiger partial charge in [0, 0.05) is 36.9 Å². The molecular weight excluding hydrogens is 262 g/mol. The molecule has 116 valence electrons. The van der Waals surface area contributed by atoms with E-state index in [1.165, 1.54) is 24.0 Å². The average molecular weight is 289 g/mol. The molecule has 0 amide bonds. The number of aromatic nitrogens is 1. The molecule has 0 spiro atoms. The van der Waals surface area contributed by atoms with Crippen molar-refractivity contribution in [2.45, 2.75) is 65.3 Å². The molecule has 21 heavy (non-hydrogen) atoms. The molecule has 1 aliphatic carbocycles. The van der Waals surface area contributed by atoms with E-state index in [1.54, 1.807) is 0 Å². The smallest absolute Gasteiger partial charge is 0.133 e. The Balaban J connectivity index is 1.87. The molecule has 0 bridgehead atoms. The largest absolute Gasteiger partial charge is 0.372 e. The van der Waals surface area contributed by atoms with E-state index in [4.69, 9.17) is 9.72 Å². The maximum Gasteiger partial charge on any atom is 0.133 e. The third kappa shape index (κ3) is 3.55. The maximum absolute atomic E-state index is 5.86. The lowest BCUT2D eigenvalue weighted by Crippen LogP contribution is -2.46. The van der Waals surface area contributed by atoms with Crippen molar-refractivity contribution < 1.29 is 4.74 Å². The number of pyridine rings is 1. The van der Waals surface area contributed by atoms with Crippen LogP contribution in [0.1, 0.15) is 43.5 Å². The highest BCUT2D eigenvalue weighted by Crippen LogP contribution is 2.27. The number of rotatable bonds is 4. The summed E-state index contributed by atoms with van der Waals surface area (Å²) in [6.07, 6.45) is 3.17. The predicted octanol–water partition coefficient (Wildman–Crippen LogP) is 2.56. The normalized spacial score (nSPS) is 26.2. The first kappa shape index (κ1) is 14.8. The van der Waals surface area contributed by atoms with Crippen molar-refractivity contribution in [2.75, 3.05) is 18.0 Å². The fourth-order valence-electron chi connectivity index (χ4n) is 3.21. The van der Waals surface area contributed by atoms with E-state index in [-0.39, 0.29) is 12.2 Å². The molecule has 0 radical (unpaired) electrons. The molecule has 4 nitrogen and oxygen atoms in total. The standard InChI is InChI=1S/C17H27N3O/c1-11-7-12(2)19-17(16(11)8-18-15-5-6-15)20-9-13(3)21-14(4)10-20/h7,13-15,18H,5-6,8-10H2,1-4H3/t13-,14+. The molecule has 0 unspecified atom stereocenters. The first-order valence-electron chi connectivity index (χ1n) is 8.14. The molecule has 2 heterocycles. The number of ether oxygens (including phenoxy) is 1. The van der Waals surface area contributed by atoms with E-state index < -0.39 is 0 Å². The first-order chi connectivity index (χ1) is 10.0. The minimum Gasteiger partial charge on any atom is -0.372 e. The zero-order chi connectivity index (χ0) is 15.0. The lowest BCUT2D eigenvalue weighted by atomic mass is 10.1. The summed E-state index contributed by atoms with van der Waals surface area (Å²) in [6, 6.07) is 2.92. The Morgan fingerprint density at radius 1 is 1.24 bits per heavy atom. The molecule has 1 aromatic rings. The van der Waals surface area contributed by atoms with Crippen LogP contribution in [0.3, 0.4) is 0 Å². The molecule has 2 atom stereocenters. The Kier molecular flexibility index (Phi) is 4.18. The average Bonchev–Trinajstić information content (AvgIpc) is 3.19. The fourth-order valence-corrected chi connectivity index (χ4v) is 3.21. The van der Waals surface area contributed by atoms with Crippen LogP contribution in [0.2, 0.25) is 0 Å². The van der Waals surface area contributed by atoms with E-state index in [1.807, 2.05) is 0 Å². The number of nitrogens with one attached hydrogen (secondary N) is 1. The maximum atomic E-state index is 5.86. The summed E-state index contributed by atoms with van der Waals surface area (Å²) in [5.74, 6) is 1.16. The predicted molar refractivity (Wildman–Crippen MR) is 85.8 cm³/mol. The number of hydrogen-bond acceptors (Lipinski definition) is 4. The number of morpholine rings is 1. The number of aryl methyl sites for hydroxylation is 2. The highest BCUT2D eigenvalue weighted by atomic mass is 16.5. The molecule has 2 aliphatic rings. The summed E-state index contributed by atoms with van der Waals surface area (Å²) in [6.45, 7) is 11.4. The summed E-state index contributed by atoms with van der Waals surface area (Å²) < 4.78 is 5.86. The van der Waals surface area contributed by atoms with Gasteiger partial charge in [0.2, 0.25) is 0 Å². The van der Waals surface area contributed by atoms with Gasteiger partial charge < -0.3 is 15.0 Å². The van der Waals surface area contributed by atoms with E-state index in [9.17, 15) is 0 Å². The highest BCUT2D eigenvalue weighted by molar-refractivity contribution is 5.52. The van der Waals surface area contributed by atoms with E-state index >= 15 is 0 Å². The summed E-state index contributed by atoms with van der Waals surface area (Å²) in [4.78, 5) is 7.26. The van der Waals surface area contributed by atoms with Crippen LogP contribution in [0, 0.1) is 13.8 Å². The van der Waals surface area contributed by atoms with E-state index in [0.29, 0.717) is 0 Å². The second kappa shape index (κ2) is 5.93.